The standard InChI is InChI=1S/C13H17N3O4S/c14-11-8-4-5-9-16(12(11)17)13(18)15-21(19,20)10-6-2-1-3-7-10/h1-3,6-7,11H,4-5,8-9,14H2,(H,15,18)/t11-/m1/s1. The number of nitrogens with zero attached hydrogens (tertiary/aromatic N) is 1. The number of likely N-dealkylation sites (tertiary alicyclic amines) is 1. The maximum atomic E-state index is 12.1. The molecule has 0 aliphatic carbocycles. The van der Waals surface area contributed by atoms with Crippen LogP contribution in [0.1, 0.15) is 19.3 Å². The summed E-state index contributed by atoms with van der Waals surface area (Å²) in [5.74, 6) is -0.548. The van der Waals surface area contributed by atoms with E-state index >= 15 is 0 Å². The third-order valence-corrected chi connectivity index (χ3v) is 4.59. The number of hydrogen-bond acceptors (Lipinski definition) is 5. The summed E-state index contributed by atoms with van der Waals surface area (Å²) in [6.45, 7) is 0.169. The summed E-state index contributed by atoms with van der Waals surface area (Å²) in [6.07, 6.45) is 1.83. The quantitative estimate of drug-likeness (QED) is 0.823. The van der Waals surface area contributed by atoms with Gasteiger partial charge in [-0.15, -0.1) is 0 Å². The van der Waals surface area contributed by atoms with Crippen LogP contribution in [0.2, 0.25) is 0 Å². The van der Waals surface area contributed by atoms with E-state index in [0.29, 0.717) is 12.8 Å². The second-order valence-electron chi connectivity index (χ2n) is 4.82. The van der Waals surface area contributed by atoms with Crippen molar-refractivity contribution in [3.8, 4) is 0 Å². The first-order valence-corrected chi connectivity index (χ1v) is 8.09. The van der Waals surface area contributed by atoms with Gasteiger partial charge in [0.05, 0.1) is 10.9 Å². The molecule has 1 aromatic carbocycles. The van der Waals surface area contributed by atoms with Gasteiger partial charge in [0.2, 0.25) is 5.91 Å². The van der Waals surface area contributed by atoms with Crippen LogP contribution in [-0.2, 0) is 14.8 Å². The molecule has 3 N–H and O–H groups in total. The van der Waals surface area contributed by atoms with Crippen LogP contribution in [0.3, 0.4) is 0 Å². The van der Waals surface area contributed by atoms with Crippen molar-refractivity contribution in [2.75, 3.05) is 6.54 Å². The summed E-state index contributed by atoms with van der Waals surface area (Å²) in [6, 6.07) is 5.77. The highest BCUT2D eigenvalue weighted by Gasteiger charge is 2.31. The number of imide groups is 1. The highest BCUT2D eigenvalue weighted by atomic mass is 32.2. The van der Waals surface area contributed by atoms with Crippen LogP contribution in [0.5, 0.6) is 0 Å². The monoisotopic (exact) mass is 311 g/mol. The fourth-order valence-corrected chi connectivity index (χ4v) is 3.07. The van der Waals surface area contributed by atoms with Crippen molar-refractivity contribution >= 4 is 22.0 Å². The van der Waals surface area contributed by atoms with E-state index in [2.05, 4.69) is 0 Å². The van der Waals surface area contributed by atoms with Gasteiger partial charge in [-0.1, -0.05) is 18.2 Å². The molecule has 0 aromatic heterocycles. The molecule has 1 heterocycles. The van der Waals surface area contributed by atoms with Gasteiger partial charge in [-0.3, -0.25) is 9.69 Å². The van der Waals surface area contributed by atoms with E-state index in [9.17, 15) is 18.0 Å². The number of benzene rings is 1. The highest BCUT2D eigenvalue weighted by molar-refractivity contribution is 7.90. The van der Waals surface area contributed by atoms with Crippen LogP contribution < -0.4 is 10.5 Å². The van der Waals surface area contributed by atoms with Crippen molar-refractivity contribution < 1.29 is 18.0 Å². The number of amides is 3. The van der Waals surface area contributed by atoms with Gasteiger partial charge in [0.15, 0.2) is 0 Å². The molecular weight excluding hydrogens is 294 g/mol. The Kier molecular flexibility index (Phi) is 4.59. The third kappa shape index (κ3) is 3.59. The van der Waals surface area contributed by atoms with E-state index < -0.39 is 28.0 Å². The molecule has 0 bridgehead atoms. The molecule has 1 fully saturated rings. The minimum absolute atomic E-state index is 0.0371. The van der Waals surface area contributed by atoms with Crippen molar-refractivity contribution in [3.05, 3.63) is 30.3 Å². The summed E-state index contributed by atoms with van der Waals surface area (Å²) in [7, 11) is -4.00. The van der Waals surface area contributed by atoms with Crippen molar-refractivity contribution in [3.63, 3.8) is 0 Å². The van der Waals surface area contributed by atoms with Crippen molar-refractivity contribution in [1.29, 1.82) is 0 Å². The second-order valence-corrected chi connectivity index (χ2v) is 6.50. The summed E-state index contributed by atoms with van der Waals surface area (Å²) in [5, 5.41) is 0. The number of sulfonamides is 1. The first-order valence-electron chi connectivity index (χ1n) is 6.60. The van der Waals surface area contributed by atoms with Crippen LogP contribution >= 0.6 is 0 Å². The van der Waals surface area contributed by atoms with Crippen LogP contribution in [0, 0.1) is 0 Å². The van der Waals surface area contributed by atoms with Crippen LogP contribution in [0.15, 0.2) is 35.2 Å². The second kappa shape index (κ2) is 6.23. The lowest BCUT2D eigenvalue weighted by atomic mass is 10.1. The molecule has 1 atom stereocenters. The van der Waals surface area contributed by atoms with Crippen molar-refractivity contribution in [2.24, 2.45) is 5.73 Å². The number of rotatable bonds is 2. The first-order chi connectivity index (χ1) is 9.92. The Morgan fingerprint density at radius 1 is 1.24 bits per heavy atom. The van der Waals surface area contributed by atoms with Gasteiger partial charge in [0.1, 0.15) is 0 Å². The minimum Gasteiger partial charge on any atom is -0.320 e. The van der Waals surface area contributed by atoms with Gasteiger partial charge < -0.3 is 5.73 Å². The number of nitrogens with two attached hydrogens (primary N) is 1. The van der Waals surface area contributed by atoms with Gasteiger partial charge in [0.25, 0.3) is 10.0 Å². The molecule has 1 aliphatic heterocycles. The van der Waals surface area contributed by atoms with Gasteiger partial charge in [0, 0.05) is 6.54 Å². The van der Waals surface area contributed by atoms with Crippen LogP contribution in [0.25, 0.3) is 0 Å². The number of hydrogen-bond donors (Lipinski definition) is 2. The Bertz CT molecular complexity index is 630. The molecule has 0 radical (unpaired) electrons. The summed E-state index contributed by atoms with van der Waals surface area (Å²) in [4.78, 5) is 24.8. The Balaban J connectivity index is 2.15. The summed E-state index contributed by atoms with van der Waals surface area (Å²) >= 11 is 0. The van der Waals surface area contributed by atoms with Crippen molar-refractivity contribution in [1.82, 2.24) is 9.62 Å². The lowest BCUT2D eigenvalue weighted by Gasteiger charge is -2.21. The van der Waals surface area contributed by atoms with E-state index in [0.717, 1.165) is 11.3 Å². The normalized spacial score (nSPS) is 20.0. The molecule has 21 heavy (non-hydrogen) atoms. The zero-order valence-electron chi connectivity index (χ0n) is 11.4. The first kappa shape index (κ1) is 15.5. The van der Waals surface area contributed by atoms with Gasteiger partial charge in [-0.25, -0.2) is 17.9 Å². The zero-order chi connectivity index (χ0) is 15.5. The molecule has 8 heteroatoms. The number of urea groups is 1. The minimum atomic E-state index is -4.00. The number of carbonyl (C=O) groups is 2. The van der Waals surface area contributed by atoms with Crippen LogP contribution in [0.4, 0.5) is 4.79 Å². The number of nitrogens with one attached hydrogen (secondary N) is 1. The smallest absolute Gasteiger partial charge is 0.320 e. The molecule has 7 nitrogen and oxygen atoms in total. The topological polar surface area (TPSA) is 110 Å². The molecule has 3 amide bonds. The molecule has 0 spiro atoms. The fourth-order valence-electron chi connectivity index (χ4n) is 2.10. The molecule has 1 aliphatic rings. The SMILES string of the molecule is N[C@@H]1CCCCN(C(=O)NS(=O)(=O)c2ccccc2)C1=O. The molecule has 1 saturated heterocycles. The Labute approximate surface area is 123 Å². The summed E-state index contributed by atoms with van der Waals surface area (Å²) < 4.78 is 26.0. The van der Waals surface area contributed by atoms with E-state index in [1.54, 1.807) is 18.2 Å². The molecule has 1 aromatic rings. The third-order valence-electron chi connectivity index (χ3n) is 3.25. The average molecular weight is 311 g/mol. The van der Waals surface area contributed by atoms with E-state index in [4.69, 9.17) is 5.73 Å². The Morgan fingerprint density at radius 2 is 1.90 bits per heavy atom. The highest BCUT2D eigenvalue weighted by Crippen LogP contribution is 2.12. The van der Waals surface area contributed by atoms with Crippen LogP contribution in [-0.4, -0.2) is 37.8 Å². The predicted octanol–water partition coefficient (Wildman–Crippen LogP) is 0.425. The fraction of sp³-hybridized carbons (Fsp3) is 0.385. The van der Waals surface area contributed by atoms with Gasteiger partial charge >= 0.3 is 6.03 Å². The lowest BCUT2D eigenvalue weighted by Crippen LogP contribution is -2.50. The summed E-state index contributed by atoms with van der Waals surface area (Å²) in [5.41, 5.74) is 5.66. The van der Waals surface area contributed by atoms with Gasteiger partial charge in [-0.05, 0) is 31.4 Å². The van der Waals surface area contributed by atoms with E-state index in [1.807, 2.05) is 4.72 Å². The maximum absolute atomic E-state index is 12.1. The maximum Gasteiger partial charge on any atom is 0.338 e. The lowest BCUT2D eigenvalue weighted by molar-refractivity contribution is -0.129. The van der Waals surface area contributed by atoms with Crippen molar-refractivity contribution in [2.45, 2.75) is 30.2 Å². The average Bonchev–Trinajstić information content (AvgIpc) is 2.62. The van der Waals surface area contributed by atoms with E-state index in [-0.39, 0.29) is 11.4 Å². The largest absolute Gasteiger partial charge is 0.338 e. The predicted molar refractivity (Wildman–Crippen MR) is 75.7 cm³/mol. The molecular formula is C13H17N3O4S. The molecule has 2 rings (SSSR count). The Hall–Kier alpha value is -1.93. The zero-order valence-corrected chi connectivity index (χ0v) is 12.2. The van der Waals surface area contributed by atoms with Gasteiger partial charge in [-0.2, -0.15) is 0 Å². The number of carbonyl (C=O) groups excluding carboxylic acids is 2. The Morgan fingerprint density at radius 3 is 2.57 bits per heavy atom. The molecule has 0 saturated carbocycles. The van der Waals surface area contributed by atoms with E-state index in [1.165, 1.54) is 12.1 Å². The molecule has 114 valence electrons. The molecule has 0 unspecified atom stereocenters.